The maximum Gasteiger partial charge on any atom is 0.120 e. The average Bonchev–Trinajstić information content (AvgIpc) is 2.21. The summed E-state index contributed by atoms with van der Waals surface area (Å²) in [5.74, 6) is 1.71. The van der Waals surface area contributed by atoms with E-state index < -0.39 is 0 Å². The van der Waals surface area contributed by atoms with Crippen molar-refractivity contribution in [2.24, 2.45) is 11.8 Å². The minimum Gasteiger partial charge on any atom is -0.508 e. The van der Waals surface area contributed by atoms with Crippen molar-refractivity contribution in [1.82, 2.24) is 4.90 Å². The normalized spacial score (nSPS) is 11.8. The van der Waals surface area contributed by atoms with Crippen LogP contribution < -0.4 is 0 Å². The van der Waals surface area contributed by atoms with Crippen LogP contribution in [0.1, 0.15) is 38.8 Å². The first kappa shape index (κ1) is 15.0. The van der Waals surface area contributed by atoms with Gasteiger partial charge in [-0.1, -0.05) is 45.4 Å². The van der Waals surface area contributed by atoms with Gasteiger partial charge >= 0.3 is 0 Å². The summed E-state index contributed by atoms with van der Waals surface area (Å²) < 4.78 is 0. The van der Waals surface area contributed by atoms with E-state index in [0.29, 0.717) is 17.6 Å². The van der Waals surface area contributed by atoms with E-state index in [0.717, 1.165) is 25.2 Å². The molecule has 0 saturated heterocycles. The first-order chi connectivity index (χ1) is 8.38. The van der Waals surface area contributed by atoms with Crippen molar-refractivity contribution in [3.8, 4) is 5.75 Å². The second kappa shape index (κ2) is 6.79. The van der Waals surface area contributed by atoms with Crippen molar-refractivity contribution >= 4 is 0 Å². The van der Waals surface area contributed by atoms with Gasteiger partial charge < -0.3 is 5.11 Å². The van der Waals surface area contributed by atoms with Gasteiger partial charge in [0.15, 0.2) is 0 Å². The molecule has 0 bridgehead atoms. The third kappa shape index (κ3) is 5.09. The maximum atomic E-state index is 9.93. The highest BCUT2D eigenvalue weighted by atomic mass is 16.3. The topological polar surface area (TPSA) is 23.5 Å². The summed E-state index contributed by atoms with van der Waals surface area (Å²) in [6, 6.07) is 5.84. The second-order valence-electron chi connectivity index (χ2n) is 6.11. The summed E-state index contributed by atoms with van der Waals surface area (Å²) in [4.78, 5) is 2.43. The van der Waals surface area contributed by atoms with Gasteiger partial charge in [-0.05, 0) is 24.8 Å². The van der Waals surface area contributed by atoms with Crippen LogP contribution in [0.3, 0.4) is 0 Å². The highest BCUT2D eigenvalue weighted by molar-refractivity contribution is 5.35. The molecule has 0 unspecified atom stereocenters. The lowest BCUT2D eigenvalue weighted by molar-refractivity contribution is 0.209. The molecule has 0 aliphatic heterocycles. The molecule has 0 aromatic heterocycles. The van der Waals surface area contributed by atoms with Crippen molar-refractivity contribution in [2.75, 3.05) is 13.1 Å². The maximum absolute atomic E-state index is 9.93. The number of nitrogens with zero attached hydrogens (tertiary/aromatic N) is 1. The zero-order valence-corrected chi connectivity index (χ0v) is 12.4. The van der Waals surface area contributed by atoms with Crippen LogP contribution in [0.25, 0.3) is 0 Å². The van der Waals surface area contributed by atoms with Crippen LogP contribution in [-0.4, -0.2) is 23.1 Å². The Hall–Kier alpha value is -1.02. The molecule has 0 amide bonds. The van der Waals surface area contributed by atoms with Gasteiger partial charge in [-0.25, -0.2) is 0 Å². The van der Waals surface area contributed by atoms with E-state index in [1.54, 1.807) is 6.07 Å². The molecule has 1 N–H and O–H groups in total. The molecular weight excluding hydrogens is 222 g/mol. The Morgan fingerprint density at radius 3 is 2.11 bits per heavy atom. The van der Waals surface area contributed by atoms with E-state index in [1.165, 1.54) is 5.56 Å². The van der Waals surface area contributed by atoms with Crippen LogP contribution in [0.4, 0.5) is 0 Å². The molecule has 0 aliphatic carbocycles. The SMILES string of the molecule is Cc1ccc(O)c(CN(CC(C)C)CC(C)C)c1. The Labute approximate surface area is 112 Å². The van der Waals surface area contributed by atoms with E-state index in [-0.39, 0.29) is 0 Å². The van der Waals surface area contributed by atoms with Gasteiger partial charge in [0.05, 0.1) is 0 Å². The van der Waals surface area contributed by atoms with E-state index in [4.69, 9.17) is 0 Å². The molecule has 0 aliphatic rings. The number of rotatable bonds is 6. The number of benzene rings is 1. The molecule has 0 spiro atoms. The van der Waals surface area contributed by atoms with Gasteiger partial charge in [-0.2, -0.15) is 0 Å². The third-order valence-corrected chi connectivity index (χ3v) is 2.88. The number of hydrogen-bond donors (Lipinski definition) is 1. The lowest BCUT2D eigenvalue weighted by Gasteiger charge is -2.26. The summed E-state index contributed by atoms with van der Waals surface area (Å²) in [6.45, 7) is 14.0. The Morgan fingerprint density at radius 1 is 1.06 bits per heavy atom. The summed E-state index contributed by atoms with van der Waals surface area (Å²) in [6.07, 6.45) is 0. The van der Waals surface area contributed by atoms with Crippen molar-refractivity contribution < 1.29 is 5.11 Å². The van der Waals surface area contributed by atoms with E-state index in [1.807, 2.05) is 6.07 Å². The van der Waals surface area contributed by atoms with Gasteiger partial charge in [0.1, 0.15) is 5.75 Å². The molecule has 1 aromatic carbocycles. The third-order valence-electron chi connectivity index (χ3n) is 2.88. The smallest absolute Gasteiger partial charge is 0.120 e. The van der Waals surface area contributed by atoms with Crippen LogP contribution in [0.15, 0.2) is 18.2 Å². The van der Waals surface area contributed by atoms with Crippen LogP contribution in [-0.2, 0) is 6.54 Å². The second-order valence-corrected chi connectivity index (χ2v) is 6.11. The van der Waals surface area contributed by atoms with E-state index in [9.17, 15) is 5.11 Å². The molecule has 2 nitrogen and oxygen atoms in total. The predicted octanol–water partition coefficient (Wildman–Crippen LogP) is 3.81. The molecule has 102 valence electrons. The number of aryl methyl sites for hydroxylation is 1. The van der Waals surface area contributed by atoms with Crippen molar-refractivity contribution in [1.29, 1.82) is 0 Å². The van der Waals surface area contributed by atoms with Crippen molar-refractivity contribution in [3.63, 3.8) is 0 Å². The Bertz CT molecular complexity index is 361. The Balaban J connectivity index is 2.77. The molecule has 0 atom stereocenters. The number of hydrogen-bond acceptors (Lipinski definition) is 2. The quantitative estimate of drug-likeness (QED) is 0.828. The standard InChI is InChI=1S/C16H27NO/c1-12(2)9-17(10-13(3)4)11-15-8-14(5)6-7-16(15)18/h6-8,12-13,18H,9-11H2,1-5H3. The minimum absolute atomic E-state index is 0.415. The monoisotopic (exact) mass is 249 g/mol. The average molecular weight is 249 g/mol. The number of phenolic OH excluding ortho intramolecular Hbond substituents is 1. The fourth-order valence-corrected chi connectivity index (χ4v) is 2.32. The van der Waals surface area contributed by atoms with Gasteiger partial charge in [-0.15, -0.1) is 0 Å². The molecule has 0 heterocycles. The van der Waals surface area contributed by atoms with Gasteiger partial charge in [0.2, 0.25) is 0 Å². The zero-order valence-electron chi connectivity index (χ0n) is 12.4. The van der Waals surface area contributed by atoms with Crippen molar-refractivity contribution in [3.05, 3.63) is 29.3 Å². The van der Waals surface area contributed by atoms with Crippen LogP contribution in [0.2, 0.25) is 0 Å². The fourth-order valence-electron chi connectivity index (χ4n) is 2.32. The van der Waals surface area contributed by atoms with Crippen LogP contribution in [0, 0.1) is 18.8 Å². The molecule has 0 radical (unpaired) electrons. The molecule has 1 aromatic rings. The van der Waals surface area contributed by atoms with Gasteiger partial charge in [-0.3, -0.25) is 4.90 Å². The first-order valence-electron chi connectivity index (χ1n) is 6.89. The summed E-state index contributed by atoms with van der Waals surface area (Å²) in [5, 5.41) is 9.93. The molecular formula is C16H27NO. The predicted molar refractivity (Wildman–Crippen MR) is 77.8 cm³/mol. The number of aromatic hydroxyl groups is 1. The summed E-state index contributed by atoms with van der Waals surface area (Å²) in [7, 11) is 0. The molecule has 1 rings (SSSR count). The highest BCUT2D eigenvalue weighted by Crippen LogP contribution is 2.21. The first-order valence-corrected chi connectivity index (χ1v) is 6.89. The highest BCUT2D eigenvalue weighted by Gasteiger charge is 2.12. The largest absolute Gasteiger partial charge is 0.508 e. The van der Waals surface area contributed by atoms with E-state index in [2.05, 4.69) is 45.6 Å². The number of phenols is 1. The fraction of sp³-hybridized carbons (Fsp3) is 0.625. The molecule has 18 heavy (non-hydrogen) atoms. The van der Waals surface area contributed by atoms with Gasteiger partial charge in [0.25, 0.3) is 0 Å². The molecule has 0 fully saturated rings. The lowest BCUT2D eigenvalue weighted by atomic mass is 10.1. The van der Waals surface area contributed by atoms with Gasteiger partial charge in [0, 0.05) is 25.2 Å². The molecule has 0 saturated carbocycles. The minimum atomic E-state index is 0.415. The van der Waals surface area contributed by atoms with Crippen molar-refractivity contribution in [2.45, 2.75) is 41.2 Å². The lowest BCUT2D eigenvalue weighted by Crippen LogP contribution is -2.31. The zero-order chi connectivity index (χ0) is 13.7. The summed E-state index contributed by atoms with van der Waals surface area (Å²) >= 11 is 0. The Morgan fingerprint density at radius 2 is 1.61 bits per heavy atom. The Kier molecular flexibility index (Phi) is 5.67. The van der Waals surface area contributed by atoms with Crippen LogP contribution >= 0.6 is 0 Å². The molecule has 2 heteroatoms. The summed E-state index contributed by atoms with van der Waals surface area (Å²) in [5.41, 5.74) is 2.24. The van der Waals surface area contributed by atoms with Crippen LogP contribution in [0.5, 0.6) is 5.75 Å². The van der Waals surface area contributed by atoms with E-state index >= 15 is 0 Å².